The molecule has 1 aromatic rings. The number of H-pyrrole nitrogens is 1. The predicted octanol–water partition coefficient (Wildman–Crippen LogP) is -1.63. The van der Waals surface area contributed by atoms with E-state index < -0.39 is 42.1 Å². The van der Waals surface area contributed by atoms with Gasteiger partial charge >= 0.3 is 11.7 Å². The molecule has 0 spiro atoms. The second-order valence-electron chi connectivity index (χ2n) is 6.53. The fraction of sp³-hybridized carbons (Fsp3) is 0.353. The maximum absolute atomic E-state index is 12.2. The number of benzene rings is 1. The van der Waals surface area contributed by atoms with Crippen LogP contribution < -0.4 is 11.2 Å². The van der Waals surface area contributed by atoms with Crippen molar-refractivity contribution in [2.24, 2.45) is 0 Å². The number of rotatable bonds is 5. The van der Waals surface area contributed by atoms with E-state index in [9.17, 15) is 29.7 Å². The molecule has 0 radical (unpaired) electrons. The highest BCUT2D eigenvalue weighted by molar-refractivity contribution is 5.81. The van der Waals surface area contributed by atoms with Crippen LogP contribution in [0.4, 0.5) is 0 Å². The number of carboxylic acids is 1. The first kappa shape index (κ1) is 19.6. The summed E-state index contributed by atoms with van der Waals surface area (Å²) in [6.07, 6.45) is -5.96. The quantitative estimate of drug-likeness (QED) is 0.320. The molecule has 28 heavy (non-hydrogen) atoms. The topological polar surface area (TPSA) is 179 Å². The minimum atomic E-state index is -2.22. The Balaban J connectivity index is 2.25. The van der Waals surface area contributed by atoms with Gasteiger partial charge in [0.2, 0.25) is 0 Å². The molecule has 2 aliphatic rings. The van der Waals surface area contributed by atoms with E-state index in [4.69, 9.17) is 5.11 Å². The standard InChI is InChI=1S/C17H18N4O7/c1-6-3-8-9(4-7(6)2)21(5-10(22)12(23)13(24)16(26)27)14-11(18-8)15(25)20-17(28)19-14/h3-4,10,12-13,22-24H,5H2,1-2H3,(H,26,27)(H,20,25,28). The largest absolute Gasteiger partial charge is 0.479 e. The number of aromatic nitrogens is 4. The highest BCUT2D eigenvalue weighted by atomic mass is 16.4. The first-order chi connectivity index (χ1) is 13.1. The van der Waals surface area contributed by atoms with Crippen molar-refractivity contribution < 1.29 is 25.2 Å². The van der Waals surface area contributed by atoms with Gasteiger partial charge in [-0.3, -0.25) is 9.78 Å². The van der Waals surface area contributed by atoms with Gasteiger partial charge in [-0.25, -0.2) is 14.6 Å². The van der Waals surface area contributed by atoms with E-state index in [2.05, 4.69) is 9.97 Å². The molecule has 2 heterocycles. The van der Waals surface area contributed by atoms with Gasteiger partial charge in [0.15, 0.2) is 17.6 Å². The molecule has 3 rings (SSSR count). The fourth-order valence-electron chi connectivity index (χ4n) is 2.89. The number of hydrogen-bond donors (Lipinski definition) is 5. The lowest BCUT2D eigenvalue weighted by molar-refractivity contribution is -0.158. The van der Waals surface area contributed by atoms with Gasteiger partial charge in [0.1, 0.15) is 12.2 Å². The van der Waals surface area contributed by atoms with E-state index >= 15 is 0 Å². The summed E-state index contributed by atoms with van der Waals surface area (Å²) in [5, 5.41) is 38.5. The van der Waals surface area contributed by atoms with E-state index in [1.54, 1.807) is 12.1 Å². The molecule has 3 atom stereocenters. The van der Waals surface area contributed by atoms with Gasteiger partial charge in [0.25, 0.3) is 5.56 Å². The minimum absolute atomic E-state index is 0.138. The molecule has 0 bridgehead atoms. The summed E-state index contributed by atoms with van der Waals surface area (Å²) in [7, 11) is 0. The predicted molar refractivity (Wildman–Crippen MR) is 96.2 cm³/mol. The fourth-order valence-corrected chi connectivity index (χ4v) is 2.89. The van der Waals surface area contributed by atoms with Crippen molar-refractivity contribution in [3.8, 4) is 11.5 Å². The van der Waals surface area contributed by atoms with E-state index in [1.165, 1.54) is 4.57 Å². The van der Waals surface area contributed by atoms with Crippen LogP contribution in [0.15, 0.2) is 21.7 Å². The van der Waals surface area contributed by atoms with Crippen molar-refractivity contribution in [3.05, 3.63) is 44.1 Å². The number of aryl methyl sites for hydroxylation is 2. The summed E-state index contributed by atoms with van der Waals surface area (Å²) in [6, 6.07) is 3.41. The molecule has 3 unspecified atom stereocenters. The Hall–Kier alpha value is -3.15. The zero-order valence-electron chi connectivity index (χ0n) is 14.9. The van der Waals surface area contributed by atoms with E-state index in [0.29, 0.717) is 11.0 Å². The Morgan fingerprint density at radius 2 is 1.79 bits per heavy atom. The third-order valence-electron chi connectivity index (χ3n) is 4.56. The van der Waals surface area contributed by atoms with Crippen LogP contribution in [0.2, 0.25) is 0 Å². The molecule has 0 saturated heterocycles. The van der Waals surface area contributed by atoms with Crippen LogP contribution in [0.3, 0.4) is 0 Å². The number of nitrogens with one attached hydrogen (secondary N) is 1. The van der Waals surface area contributed by atoms with Crippen molar-refractivity contribution in [1.82, 2.24) is 19.5 Å². The van der Waals surface area contributed by atoms with Crippen LogP contribution in [0.25, 0.3) is 22.6 Å². The number of aliphatic hydroxyl groups excluding tert-OH is 3. The molecule has 0 saturated carbocycles. The van der Waals surface area contributed by atoms with E-state index in [1.807, 2.05) is 18.8 Å². The minimum Gasteiger partial charge on any atom is -0.479 e. The smallest absolute Gasteiger partial charge is 0.349 e. The number of hydrogen-bond acceptors (Lipinski definition) is 8. The highest BCUT2D eigenvalue weighted by Gasteiger charge is 2.31. The van der Waals surface area contributed by atoms with E-state index in [0.717, 1.165) is 11.1 Å². The van der Waals surface area contributed by atoms with Crippen molar-refractivity contribution in [3.63, 3.8) is 0 Å². The number of carboxylic acid groups (broad SMARTS) is 1. The molecule has 0 aliphatic carbocycles. The molecule has 5 N–H and O–H groups in total. The molecule has 1 aromatic carbocycles. The molecular formula is C17H18N4O7. The van der Waals surface area contributed by atoms with Crippen LogP contribution >= 0.6 is 0 Å². The van der Waals surface area contributed by atoms with Crippen LogP contribution in [0, 0.1) is 13.8 Å². The Morgan fingerprint density at radius 3 is 2.43 bits per heavy atom. The maximum atomic E-state index is 12.2. The van der Waals surface area contributed by atoms with Crippen molar-refractivity contribution in [1.29, 1.82) is 0 Å². The lowest BCUT2D eigenvalue weighted by Crippen LogP contribution is -2.44. The summed E-state index contributed by atoms with van der Waals surface area (Å²) < 4.78 is 1.29. The second-order valence-corrected chi connectivity index (χ2v) is 6.53. The monoisotopic (exact) mass is 390 g/mol. The number of nitrogens with zero attached hydrogens (tertiary/aromatic N) is 3. The Labute approximate surface area is 156 Å². The van der Waals surface area contributed by atoms with Gasteiger partial charge < -0.3 is 25.0 Å². The molecule has 11 nitrogen and oxygen atoms in total. The normalized spacial score (nSPS) is 14.9. The first-order valence-electron chi connectivity index (χ1n) is 8.29. The Morgan fingerprint density at radius 1 is 1.14 bits per heavy atom. The van der Waals surface area contributed by atoms with Gasteiger partial charge in [-0.15, -0.1) is 0 Å². The number of aliphatic hydroxyl groups is 3. The third kappa shape index (κ3) is 3.38. The molecule has 0 fully saturated rings. The summed E-state index contributed by atoms with van der Waals surface area (Å²) >= 11 is 0. The second kappa shape index (κ2) is 7.11. The molecule has 2 aliphatic heterocycles. The molecule has 11 heteroatoms. The Bertz CT molecular complexity index is 1150. The summed E-state index contributed by atoms with van der Waals surface area (Å²) in [5.74, 6) is -1.84. The third-order valence-corrected chi connectivity index (χ3v) is 4.56. The molecular weight excluding hydrogens is 372 g/mol. The number of aromatic amines is 1. The number of aliphatic carboxylic acids is 1. The molecule has 148 valence electrons. The van der Waals surface area contributed by atoms with Crippen molar-refractivity contribution in [2.45, 2.75) is 38.7 Å². The maximum Gasteiger partial charge on any atom is 0.349 e. The van der Waals surface area contributed by atoms with Crippen molar-refractivity contribution >= 4 is 17.0 Å². The lowest BCUT2D eigenvalue weighted by atomic mass is 10.1. The average molecular weight is 390 g/mol. The zero-order chi connectivity index (χ0) is 20.7. The molecule has 0 aromatic heterocycles. The van der Waals surface area contributed by atoms with E-state index in [-0.39, 0.29) is 11.5 Å². The van der Waals surface area contributed by atoms with Gasteiger partial charge in [-0.05, 0) is 37.1 Å². The molecule has 0 amide bonds. The van der Waals surface area contributed by atoms with Crippen LogP contribution in [-0.2, 0) is 11.3 Å². The highest BCUT2D eigenvalue weighted by Crippen LogP contribution is 2.24. The van der Waals surface area contributed by atoms with Crippen molar-refractivity contribution in [2.75, 3.05) is 0 Å². The summed E-state index contributed by atoms with van der Waals surface area (Å²) in [4.78, 5) is 44.7. The van der Waals surface area contributed by atoms with Gasteiger partial charge in [0, 0.05) is 0 Å². The zero-order valence-corrected chi connectivity index (χ0v) is 14.9. The number of fused-ring (bicyclic) bond motifs is 2. The van der Waals surface area contributed by atoms with Crippen LogP contribution in [0.1, 0.15) is 11.1 Å². The first-order valence-corrected chi connectivity index (χ1v) is 8.29. The van der Waals surface area contributed by atoms with Gasteiger partial charge in [0.05, 0.1) is 17.6 Å². The average Bonchev–Trinajstić information content (AvgIpc) is 2.62. The van der Waals surface area contributed by atoms with Crippen LogP contribution in [0.5, 0.6) is 0 Å². The lowest BCUT2D eigenvalue weighted by Gasteiger charge is -2.24. The number of carbonyl (C=O) groups is 1. The SMILES string of the molecule is Cc1cc2nc3c(=O)[nH]c(=O)nc-3n(CC(O)C(O)C(O)C(=O)O)c2cc1C. The summed E-state index contributed by atoms with van der Waals surface area (Å²) in [6.45, 7) is 3.22. The summed E-state index contributed by atoms with van der Waals surface area (Å²) in [5.41, 5.74) is 0.677. The van der Waals surface area contributed by atoms with Gasteiger partial charge in [-0.2, -0.15) is 4.98 Å². The van der Waals surface area contributed by atoms with Gasteiger partial charge in [-0.1, -0.05) is 0 Å². The Kier molecular flexibility index (Phi) is 4.98. The van der Waals surface area contributed by atoms with Crippen LogP contribution in [-0.4, -0.2) is 64.2 Å².